The van der Waals surface area contributed by atoms with Crippen LogP contribution in [0.2, 0.25) is 0 Å². The lowest BCUT2D eigenvalue weighted by atomic mass is 10.1. The molecule has 2 aromatic rings. The van der Waals surface area contributed by atoms with Crippen LogP contribution in [0.15, 0.2) is 42.5 Å². The molecule has 0 atom stereocenters. The molecule has 2 rings (SSSR count). The molecule has 0 aliphatic rings. The standard InChI is InChI=1S/C15H17NO2/c1-11-7-8-12(9-13(11)16)10-18-15-6-4-3-5-14(15)17-2/h3-9H,10,16H2,1-2H3. The van der Waals surface area contributed by atoms with Gasteiger partial charge in [0.15, 0.2) is 11.5 Å². The van der Waals surface area contributed by atoms with Gasteiger partial charge in [0.2, 0.25) is 0 Å². The third-order valence-electron chi connectivity index (χ3n) is 2.81. The van der Waals surface area contributed by atoms with Crippen LogP contribution in [0.25, 0.3) is 0 Å². The van der Waals surface area contributed by atoms with Crippen LogP contribution < -0.4 is 15.2 Å². The van der Waals surface area contributed by atoms with E-state index in [2.05, 4.69) is 0 Å². The number of benzene rings is 2. The molecular formula is C15H17NO2. The zero-order valence-electron chi connectivity index (χ0n) is 10.6. The highest BCUT2D eigenvalue weighted by Crippen LogP contribution is 2.26. The summed E-state index contributed by atoms with van der Waals surface area (Å²) < 4.78 is 11.0. The van der Waals surface area contributed by atoms with Crippen molar-refractivity contribution in [2.45, 2.75) is 13.5 Å². The lowest BCUT2D eigenvalue weighted by Crippen LogP contribution is -1.99. The molecule has 0 saturated heterocycles. The van der Waals surface area contributed by atoms with Crippen LogP contribution in [-0.4, -0.2) is 7.11 Å². The average molecular weight is 243 g/mol. The topological polar surface area (TPSA) is 44.5 Å². The van der Waals surface area contributed by atoms with E-state index < -0.39 is 0 Å². The Bertz CT molecular complexity index is 538. The Labute approximate surface area is 107 Å². The summed E-state index contributed by atoms with van der Waals surface area (Å²) in [5, 5.41) is 0. The third kappa shape index (κ3) is 2.74. The van der Waals surface area contributed by atoms with Crippen LogP contribution in [0, 0.1) is 6.92 Å². The molecule has 0 radical (unpaired) electrons. The first-order valence-electron chi connectivity index (χ1n) is 5.81. The van der Waals surface area contributed by atoms with Crippen LogP contribution >= 0.6 is 0 Å². The number of ether oxygens (including phenoxy) is 2. The van der Waals surface area contributed by atoms with Crippen molar-refractivity contribution in [3.8, 4) is 11.5 Å². The fourth-order valence-electron chi connectivity index (χ4n) is 1.68. The van der Waals surface area contributed by atoms with Gasteiger partial charge in [0.1, 0.15) is 6.61 Å². The maximum absolute atomic E-state index is 5.87. The van der Waals surface area contributed by atoms with Crippen molar-refractivity contribution in [1.29, 1.82) is 0 Å². The fraction of sp³-hybridized carbons (Fsp3) is 0.200. The summed E-state index contributed by atoms with van der Waals surface area (Å²) in [6.45, 7) is 2.46. The Morgan fingerprint density at radius 3 is 2.44 bits per heavy atom. The predicted octanol–water partition coefficient (Wildman–Crippen LogP) is 3.16. The molecule has 0 amide bonds. The summed E-state index contributed by atoms with van der Waals surface area (Å²) in [4.78, 5) is 0. The highest BCUT2D eigenvalue weighted by atomic mass is 16.5. The summed E-state index contributed by atoms with van der Waals surface area (Å²) in [6, 6.07) is 13.5. The van der Waals surface area contributed by atoms with Crippen LogP contribution in [0.3, 0.4) is 0 Å². The van der Waals surface area contributed by atoms with Crippen LogP contribution in [0.1, 0.15) is 11.1 Å². The molecule has 3 heteroatoms. The van der Waals surface area contributed by atoms with Gasteiger partial charge in [-0.15, -0.1) is 0 Å². The minimum absolute atomic E-state index is 0.477. The monoisotopic (exact) mass is 243 g/mol. The van der Waals surface area contributed by atoms with Gasteiger partial charge in [-0.2, -0.15) is 0 Å². The van der Waals surface area contributed by atoms with Gasteiger partial charge < -0.3 is 15.2 Å². The Morgan fingerprint density at radius 2 is 1.78 bits per heavy atom. The normalized spacial score (nSPS) is 10.1. The summed E-state index contributed by atoms with van der Waals surface area (Å²) >= 11 is 0. The van der Waals surface area contributed by atoms with Gasteiger partial charge in [0, 0.05) is 5.69 Å². The number of rotatable bonds is 4. The Hall–Kier alpha value is -2.16. The van der Waals surface area contributed by atoms with E-state index in [0.717, 1.165) is 28.3 Å². The summed E-state index contributed by atoms with van der Waals surface area (Å²) in [6.07, 6.45) is 0. The molecule has 18 heavy (non-hydrogen) atoms. The lowest BCUT2D eigenvalue weighted by molar-refractivity contribution is 0.284. The first-order chi connectivity index (χ1) is 8.70. The number of methoxy groups -OCH3 is 1. The first kappa shape index (κ1) is 12.3. The lowest BCUT2D eigenvalue weighted by Gasteiger charge is -2.11. The summed E-state index contributed by atoms with van der Waals surface area (Å²) in [5.41, 5.74) is 8.78. The van der Waals surface area contributed by atoms with Gasteiger partial charge in [-0.05, 0) is 36.2 Å². The van der Waals surface area contributed by atoms with E-state index in [0.29, 0.717) is 6.61 Å². The molecule has 0 spiro atoms. The van der Waals surface area contributed by atoms with Crippen molar-refractivity contribution in [2.24, 2.45) is 0 Å². The maximum Gasteiger partial charge on any atom is 0.161 e. The van der Waals surface area contributed by atoms with E-state index >= 15 is 0 Å². The van der Waals surface area contributed by atoms with Crippen molar-refractivity contribution in [3.63, 3.8) is 0 Å². The Morgan fingerprint density at radius 1 is 1.06 bits per heavy atom. The van der Waals surface area contributed by atoms with E-state index in [1.54, 1.807) is 7.11 Å². The van der Waals surface area contributed by atoms with Crippen molar-refractivity contribution < 1.29 is 9.47 Å². The minimum Gasteiger partial charge on any atom is -0.493 e. The Kier molecular flexibility index (Phi) is 3.72. The quantitative estimate of drug-likeness (QED) is 0.839. The van der Waals surface area contributed by atoms with E-state index in [4.69, 9.17) is 15.2 Å². The van der Waals surface area contributed by atoms with Gasteiger partial charge >= 0.3 is 0 Å². The number of para-hydroxylation sites is 2. The molecule has 0 aliphatic heterocycles. The second-order valence-corrected chi connectivity index (χ2v) is 4.13. The van der Waals surface area contributed by atoms with Crippen molar-refractivity contribution >= 4 is 5.69 Å². The van der Waals surface area contributed by atoms with E-state index in [-0.39, 0.29) is 0 Å². The Balaban J connectivity index is 2.09. The molecule has 0 unspecified atom stereocenters. The number of hydrogen-bond acceptors (Lipinski definition) is 3. The van der Waals surface area contributed by atoms with Crippen LogP contribution in [0.5, 0.6) is 11.5 Å². The van der Waals surface area contributed by atoms with Gasteiger partial charge in [-0.1, -0.05) is 24.3 Å². The maximum atomic E-state index is 5.87. The van der Waals surface area contributed by atoms with Crippen LogP contribution in [0.4, 0.5) is 5.69 Å². The highest BCUT2D eigenvalue weighted by Gasteiger charge is 2.03. The molecule has 3 nitrogen and oxygen atoms in total. The molecule has 0 heterocycles. The fourth-order valence-corrected chi connectivity index (χ4v) is 1.68. The number of nitrogen functional groups attached to an aromatic ring is 1. The second kappa shape index (κ2) is 5.45. The van der Waals surface area contributed by atoms with Gasteiger partial charge in [0.25, 0.3) is 0 Å². The van der Waals surface area contributed by atoms with Crippen molar-refractivity contribution in [1.82, 2.24) is 0 Å². The van der Waals surface area contributed by atoms with Gasteiger partial charge in [-0.25, -0.2) is 0 Å². The van der Waals surface area contributed by atoms with Crippen molar-refractivity contribution in [3.05, 3.63) is 53.6 Å². The zero-order chi connectivity index (χ0) is 13.0. The number of hydrogen-bond donors (Lipinski definition) is 1. The van der Waals surface area contributed by atoms with Crippen LogP contribution in [-0.2, 0) is 6.61 Å². The molecule has 2 aromatic carbocycles. The highest BCUT2D eigenvalue weighted by molar-refractivity contribution is 5.48. The molecule has 0 bridgehead atoms. The molecule has 2 N–H and O–H groups in total. The largest absolute Gasteiger partial charge is 0.493 e. The van der Waals surface area contributed by atoms with E-state index in [1.807, 2.05) is 49.4 Å². The predicted molar refractivity (Wildman–Crippen MR) is 72.9 cm³/mol. The number of aryl methyl sites for hydroxylation is 1. The van der Waals surface area contributed by atoms with E-state index in [1.165, 1.54) is 0 Å². The smallest absolute Gasteiger partial charge is 0.161 e. The van der Waals surface area contributed by atoms with Gasteiger partial charge in [-0.3, -0.25) is 0 Å². The molecule has 0 aliphatic carbocycles. The second-order valence-electron chi connectivity index (χ2n) is 4.13. The molecule has 0 saturated carbocycles. The first-order valence-corrected chi connectivity index (χ1v) is 5.81. The molecule has 0 aromatic heterocycles. The zero-order valence-corrected chi connectivity index (χ0v) is 10.6. The van der Waals surface area contributed by atoms with Crippen molar-refractivity contribution in [2.75, 3.05) is 12.8 Å². The number of nitrogens with two attached hydrogens (primary N) is 1. The SMILES string of the molecule is COc1ccccc1OCc1ccc(C)c(N)c1. The third-order valence-corrected chi connectivity index (χ3v) is 2.81. The summed E-state index contributed by atoms with van der Waals surface area (Å²) in [7, 11) is 1.63. The van der Waals surface area contributed by atoms with Gasteiger partial charge in [0.05, 0.1) is 7.11 Å². The molecule has 94 valence electrons. The minimum atomic E-state index is 0.477. The number of anilines is 1. The average Bonchev–Trinajstić information content (AvgIpc) is 2.40. The van der Waals surface area contributed by atoms with E-state index in [9.17, 15) is 0 Å². The molecule has 0 fully saturated rings. The molecular weight excluding hydrogens is 226 g/mol. The summed E-state index contributed by atoms with van der Waals surface area (Å²) in [5.74, 6) is 1.47.